The van der Waals surface area contributed by atoms with E-state index in [9.17, 15) is 0 Å². The molecular weight excluding hydrogens is 278 g/mol. The summed E-state index contributed by atoms with van der Waals surface area (Å²) >= 11 is 1.70. The fourth-order valence-corrected chi connectivity index (χ4v) is 2.65. The van der Waals surface area contributed by atoms with Crippen LogP contribution in [0.15, 0.2) is 17.0 Å². The van der Waals surface area contributed by atoms with E-state index >= 15 is 0 Å². The molecule has 0 unspecified atom stereocenters. The Kier molecular flexibility index (Phi) is 5.97. The van der Waals surface area contributed by atoms with Gasteiger partial charge in [-0.3, -0.25) is 0 Å². The summed E-state index contributed by atoms with van der Waals surface area (Å²) in [6.45, 7) is 2.58. The van der Waals surface area contributed by atoms with Gasteiger partial charge in [0.15, 0.2) is 17.8 Å². The van der Waals surface area contributed by atoms with Crippen LogP contribution in [-0.2, 0) is 16.0 Å². The highest BCUT2D eigenvalue weighted by Gasteiger charge is 2.15. The molecule has 0 amide bonds. The van der Waals surface area contributed by atoms with Gasteiger partial charge in [-0.25, -0.2) is 0 Å². The zero-order valence-electron chi connectivity index (χ0n) is 12.1. The lowest BCUT2D eigenvalue weighted by Gasteiger charge is -2.21. The molecule has 0 saturated heterocycles. The molecule has 1 aromatic rings. The second kappa shape index (κ2) is 7.73. The van der Waals surface area contributed by atoms with Crippen LogP contribution in [0.3, 0.4) is 0 Å². The molecule has 6 heteroatoms. The van der Waals surface area contributed by atoms with Crippen molar-refractivity contribution in [2.75, 3.05) is 40.2 Å². The van der Waals surface area contributed by atoms with E-state index < -0.39 is 0 Å². The third-order valence-electron chi connectivity index (χ3n) is 3.10. The maximum absolute atomic E-state index is 5.62. The molecular formula is C14H21NO4S. The fraction of sp³-hybridized carbons (Fsp3) is 0.571. The van der Waals surface area contributed by atoms with Gasteiger partial charge >= 0.3 is 0 Å². The van der Waals surface area contributed by atoms with E-state index in [0.29, 0.717) is 19.8 Å². The van der Waals surface area contributed by atoms with Gasteiger partial charge in [0.1, 0.15) is 13.2 Å². The molecule has 1 heterocycles. The summed E-state index contributed by atoms with van der Waals surface area (Å²) in [5.41, 5.74) is 1.19. The number of benzene rings is 1. The van der Waals surface area contributed by atoms with Crippen molar-refractivity contribution in [1.82, 2.24) is 5.32 Å². The van der Waals surface area contributed by atoms with E-state index in [2.05, 4.69) is 11.6 Å². The van der Waals surface area contributed by atoms with Gasteiger partial charge in [0.2, 0.25) is 0 Å². The summed E-state index contributed by atoms with van der Waals surface area (Å²) in [5.74, 6) is 1.65. The van der Waals surface area contributed by atoms with Gasteiger partial charge in [0.05, 0.1) is 0 Å². The van der Waals surface area contributed by atoms with E-state index in [1.807, 2.05) is 12.1 Å². The molecule has 0 atom stereocenters. The molecule has 112 valence electrons. The number of rotatable bonds is 7. The summed E-state index contributed by atoms with van der Waals surface area (Å²) < 4.78 is 21.5. The zero-order valence-corrected chi connectivity index (χ0v) is 12.9. The van der Waals surface area contributed by atoms with Crippen molar-refractivity contribution in [1.29, 1.82) is 0 Å². The van der Waals surface area contributed by atoms with Gasteiger partial charge in [-0.1, -0.05) is 0 Å². The number of hydrogen-bond donors (Lipinski definition) is 1. The van der Waals surface area contributed by atoms with Crippen molar-refractivity contribution in [3.05, 3.63) is 17.7 Å². The Morgan fingerprint density at radius 3 is 2.45 bits per heavy atom. The molecule has 1 aliphatic rings. The van der Waals surface area contributed by atoms with Crippen molar-refractivity contribution in [3.8, 4) is 11.5 Å². The van der Waals surface area contributed by atoms with Crippen LogP contribution in [0.25, 0.3) is 0 Å². The number of methoxy groups -OCH3 is 2. The molecule has 1 N–H and O–H groups in total. The van der Waals surface area contributed by atoms with E-state index in [4.69, 9.17) is 18.9 Å². The average Bonchev–Trinajstić information content (AvgIpc) is 2.50. The minimum Gasteiger partial charge on any atom is -0.486 e. The van der Waals surface area contributed by atoms with Crippen molar-refractivity contribution in [3.63, 3.8) is 0 Å². The normalized spacial score (nSPS) is 13.8. The Bertz CT molecular complexity index is 437. The summed E-state index contributed by atoms with van der Waals surface area (Å²) in [6, 6.07) is 4.09. The molecule has 20 heavy (non-hydrogen) atoms. The van der Waals surface area contributed by atoms with Gasteiger partial charge in [0.25, 0.3) is 0 Å². The van der Waals surface area contributed by atoms with Crippen molar-refractivity contribution in [2.45, 2.75) is 17.7 Å². The minimum absolute atomic E-state index is 0.232. The van der Waals surface area contributed by atoms with Gasteiger partial charge in [0, 0.05) is 32.2 Å². The van der Waals surface area contributed by atoms with Crippen LogP contribution >= 0.6 is 11.8 Å². The number of ether oxygens (including phenoxy) is 4. The topological polar surface area (TPSA) is 49.0 Å². The molecule has 0 saturated carbocycles. The molecule has 1 aromatic carbocycles. The Balaban J connectivity index is 2.02. The molecule has 0 bridgehead atoms. The summed E-state index contributed by atoms with van der Waals surface area (Å²) in [7, 11) is 3.26. The van der Waals surface area contributed by atoms with Gasteiger partial charge in [-0.05, 0) is 24.0 Å². The Morgan fingerprint density at radius 1 is 1.20 bits per heavy atom. The number of hydrogen-bond acceptors (Lipinski definition) is 6. The number of fused-ring (bicyclic) bond motifs is 1. The van der Waals surface area contributed by atoms with E-state index in [1.165, 1.54) is 10.5 Å². The van der Waals surface area contributed by atoms with E-state index in [0.717, 1.165) is 18.0 Å². The fourth-order valence-electron chi connectivity index (χ4n) is 2.03. The molecule has 1 aliphatic heterocycles. The first-order chi connectivity index (χ1) is 9.78. The van der Waals surface area contributed by atoms with Crippen LogP contribution in [-0.4, -0.2) is 46.5 Å². The predicted molar refractivity (Wildman–Crippen MR) is 78.7 cm³/mol. The molecule has 0 spiro atoms. The first-order valence-electron chi connectivity index (χ1n) is 6.51. The van der Waals surface area contributed by atoms with Crippen molar-refractivity contribution < 1.29 is 18.9 Å². The maximum Gasteiger partial charge on any atom is 0.169 e. The second-order valence-electron chi connectivity index (χ2n) is 4.34. The molecule has 0 fully saturated rings. The van der Waals surface area contributed by atoms with Gasteiger partial charge in [-0.15, -0.1) is 11.8 Å². The van der Waals surface area contributed by atoms with Crippen LogP contribution < -0.4 is 14.8 Å². The molecule has 2 rings (SSSR count). The number of nitrogens with one attached hydrogen (secondary N) is 1. The monoisotopic (exact) mass is 299 g/mol. The Labute approximate surface area is 123 Å². The van der Waals surface area contributed by atoms with Crippen LogP contribution in [0.4, 0.5) is 0 Å². The lowest BCUT2D eigenvalue weighted by Crippen LogP contribution is -2.29. The van der Waals surface area contributed by atoms with Crippen LogP contribution in [0.1, 0.15) is 5.56 Å². The van der Waals surface area contributed by atoms with Crippen molar-refractivity contribution >= 4 is 11.8 Å². The summed E-state index contributed by atoms with van der Waals surface area (Å²) in [6.07, 6.45) is 1.83. The predicted octanol–water partition coefficient (Wildman–Crippen LogP) is 1.89. The average molecular weight is 299 g/mol. The zero-order chi connectivity index (χ0) is 14.4. The molecule has 0 radical (unpaired) electrons. The first kappa shape index (κ1) is 15.4. The molecule has 0 aliphatic carbocycles. The largest absolute Gasteiger partial charge is 0.486 e. The number of thioether (sulfide) groups is 1. The van der Waals surface area contributed by atoms with Gasteiger partial charge < -0.3 is 24.3 Å². The van der Waals surface area contributed by atoms with E-state index in [-0.39, 0.29) is 6.29 Å². The lowest BCUT2D eigenvalue weighted by molar-refractivity contribution is -0.0989. The third kappa shape index (κ3) is 3.79. The third-order valence-corrected chi connectivity index (χ3v) is 3.92. The second-order valence-corrected chi connectivity index (χ2v) is 5.19. The van der Waals surface area contributed by atoms with Crippen molar-refractivity contribution in [2.24, 2.45) is 0 Å². The quantitative estimate of drug-likeness (QED) is 0.613. The van der Waals surface area contributed by atoms with E-state index in [1.54, 1.807) is 26.0 Å². The van der Waals surface area contributed by atoms with Gasteiger partial charge in [-0.2, -0.15) is 0 Å². The molecule has 0 aromatic heterocycles. The highest BCUT2D eigenvalue weighted by atomic mass is 32.2. The summed E-state index contributed by atoms with van der Waals surface area (Å²) in [5, 5.41) is 3.33. The Hall–Kier alpha value is -0.950. The summed E-state index contributed by atoms with van der Waals surface area (Å²) in [4.78, 5) is 1.19. The standard InChI is InChI=1S/C14H21NO4S/c1-16-14(17-2)9-15-8-10-6-11-12(7-13(10)20-3)19-5-4-18-11/h6-7,14-15H,4-5,8-9H2,1-3H3. The molecule has 5 nitrogen and oxygen atoms in total. The van der Waals surface area contributed by atoms with Crippen LogP contribution in [0.2, 0.25) is 0 Å². The van der Waals surface area contributed by atoms with Crippen LogP contribution in [0.5, 0.6) is 11.5 Å². The minimum atomic E-state index is -0.232. The highest BCUT2D eigenvalue weighted by Crippen LogP contribution is 2.36. The smallest absolute Gasteiger partial charge is 0.169 e. The first-order valence-corrected chi connectivity index (χ1v) is 7.73. The lowest BCUT2D eigenvalue weighted by atomic mass is 10.2. The maximum atomic E-state index is 5.62. The highest BCUT2D eigenvalue weighted by molar-refractivity contribution is 7.98. The SMILES string of the molecule is COC(CNCc1cc2c(cc1SC)OCCO2)OC. The van der Waals surface area contributed by atoms with Crippen LogP contribution in [0, 0.1) is 0 Å². The Morgan fingerprint density at radius 2 is 1.85 bits per heavy atom.